The summed E-state index contributed by atoms with van der Waals surface area (Å²) in [7, 11) is -1.19. The fraction of sp³-hybridized carbons (Fsp3) is 0.357. The molecule has 0 unspecified atom stereocenters. The zero-order valence-corrected chi connectivity index (χ0v) is 14.2. The van der Waals surface area contributed by atoms with Gasteiger partial charge in [0.05, 0.1) is 12.7 Å². The summed E-state index contributed by atoms with van der Waals surface area (Å²) in [5.41, 5.74) is 0.0554. The molecule has 0 aliphatic heterocycles. The van der Waals surface area contributed by atoms with E-state index in [1.807, 2.05) is 6.92 Å². The largest absolute Gasteiger partial charge is 0.495 e. The van der Waals surface area contributed by atoms with Crippen LogP contribution in [0, 0.1) is 0 Å². The van der Waals surface area contributed by atoms with Crippen molar-refractivity contribution in [3.8, 4) is 5.75 Å². The molecule has 0 aliphatic rings. The topological polar surface area (TPSA) is 121 Å². The summed E-state index contributed by atoms with van der Waals surface area (Å²) < 4.78 is 41.1. The standard InChI is InChI=1S/C14H17N3O6S/c1-4-12-16-13(23-17-12)8-22-14(18)9-5-6-10(21-3)11(7-9)24(19,20)15-2/h5-7,15H,4,8H2,1-3H3. The van der Waals surface area contributed by atoms with Crippen LogP contribution in [-0.4, -0.2) is 38.7 Å². The number of carbonyl (C=O) groups is 1. The molecular weight excluding hydrogens is 338 g/mol. The summed E-state index contributed by atoms with van der Waals surface area (Å²) in [6.07, 6.45) is 0.598. The van der Waals surface area contributed by atoms with Gasteiger partial charge in [0.1, 0.15) is 10.6 Å². The Morgan fingerprint density at radius 1 is 1.38 bits per heavy atom. The summed E-state index contributed by atoms with van der Waals surface area (Å²) in [6.45, 7) is 1.66. The molecule has 1 aromatic heterocycles. The Morgan fingerprint density at radius 3 is 2.71 bits per heavy atom. The summed E-state index contributed by atoms with van der Waals surface area (Å²) in [4.78, 5) is 15.9. The number of carbonyl (C=O) groups excluding carboxylic acids is 1. The Morgan fingerprint density at radius 2 is 2.12 bits per heavy atom. The number of methoxy groups -OCH3 is 1. The van der Waals surface area contributed by atoms with Gasteiger partial charge in [0, 0.05) is 6.42 Å². The van der Waals surface area contributed by atoms with E-state index >= 15 is 0 Å². The maximum absolute atomic E-state index is 12.1. The number of sulfonamides is 1. The number of benzene rings is 1. The van der Waals surface area contributed by atoms with Gasteiger partial charge in [0.15, 0.2) is 12.4 Å². The first kappa shape index (κ1) is 17.9. The molecule has 1 heterocycles. The molecule has 2 aromatic rings. The lowest BCUT2D eigenvalue weighted by Gasteiger charge is -2.10. The molecule has 1 aromatic carbocycles. The van der Waals surface area contributed by atoms with Crippen LogP contribution in [0.25, 0.3) is 0 Å². The van der Waals surface area contributed by atoms with Crippen molar-refractivity contribution in [2.45, 2.75) is 24.8 Å². The van der Waals surface area contributed by atoms with Crippen LogP contribution in [0.5, 0.6) is 5.75 Å². The fourth-order valence-corrected chi connectivity index (χ4v) is 2.74. The predicted octanol–water partition coefficient (Wildman–Crippen LogP) is 0.906. The molecule has 9 nitrogen and oxygen atoms in total. The van der Waals surface area contributed by atoms with Gasteiger partial charge in [-0.05, 0) is 25.2 Å². The van der Waals surface area contributed by atoms with Gasteiger partial charge >= 0.3 is 5.97 Å². The van der Waals surface area contributed by atoms with E-state index in [1.165, 1.54) is 32.4 Å². The zero-order valence-electron chi connectivity index (χ0n) is 13.4. The Hall–Kier alpha value is -2.46. The smallest absolute Gasteiger partial charge is 0.338 e. The highest BCUT2D eigenvalue weighted by atomic mass is 32.2. The molecule has 130 valence electrons. The van der Waals surface area contributed by atoms with Crippen LogP contribution < -0.4 is 9.46 Å². The zero-order chi connectivity index (χ0) is 17.7. The highest BCUT2D eigenvalue weighted by molar-refractivity contribution is 7.89. The molecular formula is C14H17N3O6S. The number of hydrogen-bond acceptors (Lipinski definition) is 8. The lowest BCUT2D eigenvalue weighted by Crippen LogP contribution is -2.20. The van der Waals surface area contributed by atoms with E-state index < -0.39 is 16.0 Å². The van der Waals surface area contributed by atoms with E-state index in [0.717, 1.165) is 0 Å². The number of nitrogens with zero attached hydrogens (tertiary/aromatic N) is 2. The van der Waals surface area contributed by atoms with Crippen molar-refractivity contribution in [2.24, 2.45) is 0 Å². The molecule has 2 rings (SSSR count). The third-order valence-corrected chi connectivity index (χ3v) is 4.55. The minimum atomic E-state index is -3.79. The molecule has 0 saturated heterocycles. The minimum Gasteiger partial charge on any atom is -0.495 e. The van der Waals surface area contributed by atoms with Crippen LogP contribution in [0.1, 0.15) is 29.0 Å². The highest BCUT2D eigenvalue weighted by Gasteiger charge is 2.21. The molecule has 0 spiro atoms. The van der Waals surface area contributed by atoms with Crippen molar-refractivity contribution in [3.63, 3.8) is 0 Å². The molecule has 0 saturated carbocycles. The summed E-state index contributed by atoms with van der Waals surface area (Å²) in [6, 6.07) is 3.96. The second-order valence-electron chi connectivity index (χ2n) is 4.61. The monoisotopic (exact) mass is 355 g/mol. The van der Waals surface area contributed by atoms with Gasteiger partial charge in [0.2, 0.25) is 10.0 Å². The number of hydrogen-bond donors (Lipinski definition) is 1. The number of rotatable bonds is 7. The molecule has 0 bridgehead atoms. The van der Waals surface area contributed by atoms with E-state index in [1.54, 1.807) is 0 Å². The molecule has 10 heteroatoms. The van der Waals surface area contributed by atoms with Crippen LogP contribution in [-0.2, 0) is 27.8 Å². The van der Waals surface area contributed by atoms with Crippen LogP contribution in [0.15, 0.2) is 27.6 Å². The lowest BCUT2D eigenvalue weighted by molar-refractivity contribution is 0.0429. The first-order valence-electron chi connectivity index (χ1n) is 7.01. The first-order valence-corrected chi connectivity index (χ1v) is 8.49. The van der Waals surface area contributed by atoms with E-state index in [2.05, 4.69) is 14.9 Å². The third-order valence-electron chi connectivity index (χ3n) is 3.11. The first-order chi connectivity index (χ1) is 11.4. The summed E-state index contributed by atoms with van der Waals surface area (Å²) in [5, 5.41) is 3.68. The van der Waals surface area contributed by atoms with Crippen LogP contribution in [0.2, 0.25) is 0 Å². The van der Waals surface area contributed by atoms with Crippen LogP contribution in [0.3, 0.4) is 0 Å². The summed E-state index contributed by atoms with van der Waals surface area (Å²) in [5.74, 6) is 0.0662. The van der Waals surface area contributed by atoms with Crippen molar-refractivity contribution < 1.29 is 27.2 Å². The molecule has 0 fully saturated rings. The van der Waals surface area contributed by atoms with E-state index in [9.17, 15) is 13.2 Å². The molecule has 0 radical (unpaired) electrons. The fourth-order valence-electron chi connectivity index (χ4n) is 1.83. The van der Waals surface area contributed by atoms with Crippen molar-refractivity contribution in [1.82, 2.24) is 14.9 Å². The number of ether oxygens (including phenoxy) is 2. The third kappa shape index (κ3) is 3.89. The van der Waals surface area contributed by atoms with Gasteiger partial charge in [-0.2, -0.15) is 4.98 Å². The van der Waals surface area contributed by atoms with Gasteiger partial charge in [-0.3, -0.25) is 0 Å². The van der Waals surface area contributed by atoms with Gasteiger partial charge in [0.25, 0.3) is 5.89 Å². The Bertz CT molecular complexity index is 831. The van der Waals surface area contributed by atoms with Gasteiger partial charge in [-0.25, -0.2) is 17.9 Å². The molecule has 1 N–H and O–H groups in total. The molecule has 0 aliphatic carbocycles. The number of aromatic nitrogens is 2. The highest BCUT2D eigenvalue weighted by Crippen LogP contribution is 2.25. The molecule has 0 amide bonds. The molecule has 24 heavy (non-hydrogen) atoms. The quantitative estimate of drug-likeness (QED) is 0.727. The van der Waals surface area contributed by atoms with Gasteiger partial charge in [-0.1, -0.05) is 12.1 Å². The van der Waals surface area contributed by atoms with Crippen LogP contribution >= 0.6 is 0 Å². The predicted molar refractivity (Wildman–Crippen MR) is 82.0 cm³/mol. The maximum atomic E-state index is 12.1. The average molecular weight is 355 g/mol. The normalized spacial score (nSPS) is 11.3. The van der Waals surface area contributed by atoms with Crippen molar-refractivity contribution >= 4 is 16.0 Å². The second kappa shape index (κ2) is 7.41. The van der Waals surface area contributed by atoms with E-state index in [-0.39, 0.29) is 28.7 Å². The lowest BCUT2D eigenvalue weighted by atomic mass is 10.2. The Kier molecular flexibility index (Phi) is 5.52. The Labute approximate surface area is 139 Å². The maximum Gasteiger partial charge on any atom is 0.338 e. The van der Waals surface area contributed by atoms with Gasteiger partial charge in [-0.15, -0.1) is 0 Å². The Balaban J connectivity index is 2.19. The summed E-state index contributed by atoms with van der Waals surface area (Å²) >= 11 is 0. The van der Waals surface area contributed by atoms with E-state index in [0.29, 0.717) is 12.2 Å². The SMILES string of the molecule is CCc1noc(COC(=O)c2ccc(OC)c(S(=O)(=O)NC)c2)n1. The average Bonchev–Trinajstić information content (AvgIpc) is 3.07. The number of nitrogens with one attached hydrogen (secondary N) is 1. The van der Waals surface area contributed by atoms with Crippen molar-refractivity contribution in [1.29, 1.82) is 0 Å². The van der Waals surface area contributed by atoms with Gasteiger partial charge < -0.3 is 14.0 Å². The number of esters is 1. The van der Waals surface area contributed by atoms with Crippen LogP contribution in [0.4, 0.5) is 0 Å². The van der Waals surface area contributed by atoms with Crippen molar-refractivity contribution in [3.05, 3.63) is 35.5 Å². The van der Waals surface area contributed by atoms with Crippen molar-refractivity contribution in [2.75, 3.05) is 14.2 Å². The van der Waals surface area contributed by atoms with E-state index in [4.69, 9.17) is 14.0 Å². The number of aryl methyl sites for hydroxylation is 1. The minimum absolute atomic E-state index is 0.0554. The molecule has 0 atom stereocenters. The second-order valence-corrected chi connectivity index (χ2v) is 6.46.